The van der Waals surface area contributed by atoms with E-state index in [1.165, 1.54) is 0 Å². The lowest BCUT2D eigenvalue weighted by molar-refractivity contribution is 0.287. The first-order chi connectivity index (χ1) is 9.19. The van der Waals surface area contributed by atoms with Crippen LogP contribution in [0.2, 0.25) is 0 Å². The highest BCUT2D eigenvalue weighted by atomic mass is 35.5. The molecule has 19 heavy (non-hydrogen) atoms. The summed E-state index contributed by atoms with van der Waals surface area (Å²) >= 11 is 6.04. The van der Waals surface area contributed by atoms with Crippen LogP contribution in [0, 0.1) is 6.92 Å². The molecule has 0 bridgehead atoms. The minimum Gasteiger partial charge on any atom is -0.307 e. The van der Waals surface area contributed by atoms with E-state index >= 15 is 0 Å². The Morgan fingerprint density at radius 1 is 1.16 bits per heavy atom. The normalized spacial score (nSPS) is 17.3. The molecule has 1 aliphatic rings. The highest BCUT2D eigenvalue weighted by molar-refractivity contribution is 6.16. The summed E-state index contributed by atoms with van der Waals surface area (Å²) in [6.45, 7) is 6.05. The number of hydrogen-bond acceptors (Lipinski definition) is 4. The molecule has 1 saturated heterocycles. The number of imidazole rings is 1. The fourth-order valence-electron chi connectivity index (χ4n) is 2.47. The third-order valence-corrected chi connectivity index (χ3v) is 3.81. The summed E-state index contributed by atoms with van der Waals surface area (Å²) in [4.78, 5) is 11.5. The number of fused-ring (bicyclic) bond motifs is 1. The second-order valence-corrected chi connectivity index (χ2v) is 5.29. The number of nitrogens with zero attached hydrogens (tertiary/aromatic N) is 5. The molecule has 1 fully saturated rings. The first kappa shape index (κ1) is 12.7. The van der Waals surface area contributed by atoms with Gasteiger partial charge in [-0.25, -0.2) is 14.6 Å². The van der Waals surface area contributed by atoms with Crippen LogP contribution in [-0.4, -0.2) is 52.8 Å². The molecule has 6 heteroatoms. The van der Waals surface area contributed by atoms with E-state index in [-0.39, 0.29) is 0 Å². The standard InChI is InChI=1S/C13H18ClN5/c1-10-3-4-11-13(15-10)19(12(9-14)16-11)18-7-5-17(2)6-8-18/h3-4H,5-9H2,1-2H3. The van der Waals surface area contributed by atoms with Gasteiger partial charge in [0.2, 0.25) is 0 Å². The van der Waals surface area contributed by atoms with Crippen LogP contribution in [-0.2, 0) is 5.88 Å². The summed E-state index contributed by atoms with van der Waals surface area (Å²) < 4.78 is 2.10. The average Bonchev–Trinajstić information content (AvgIpc) is 2.77. The third kappa shape index (κ3) is 2.28. The van der Waals surface area contributed by atoms with Gasteiger partial charge >= 0.3 is 0 Å². The van der Waals surface area contributed by atoms with Gasteiger partial charge in [-0.15, -0.1) is 11.6 Å². The lowest BCUT2D eigenvalue weighted by Crippen LogP contribution is -2.50. The number of halogens is 1. The van der Waals surface area contributed by atoms with Gasteiger partial charge in [-0.2, -0.15) is 0 Å². The Kier molecular flexibility index (Phi) is 3.33. The molecule has 0 N–H and O–H groups in total. The average molecular weight is 280 g/mol. The third-order valence-electron chi connectivity index (χ3n) is 3.57. The van der Waals surface area contributed by atoms with Gasteiger partial charge < -0.3 is 9.91 Å². The van der Waals surface area contributed by atoms with Crippen LogP contribution in [0.15, 0.2) is 12.1 Å². The maximum Gasteiger partial charge on any atom is 0.179 e. The summed E-state index contributed by atoms with van der Waals surface area (Å²) in [5.74, 6) is 1.28. The van der Waals surface area contributed by atoms with Gasteiger partial charge in [0.15, 0.2) is 5.65 Å². The smallest absolute Gasteiger partial charge is 0.179 e. The van der Waals surface area contributed by atoms with E-state index in [0.29, 0.717) is 5.88 Å². The quantitative estimate of drug-likeness (QED) is 0.778. The molecule has 0 spiro atoms. The fourth-order valence-corrected chi connectivity index (χ4v) is 2.64. The van der Waals surface area contributed by atoms with Crippen LogP contribution in [0.3, 0.4) is 0 Å². The van der Waals surface area contributed by atoms with Gasteiger partial charge in [0.25, 0.3) is 0 Å². The van der Waals surface area contributed by atoms with Gasteiger partial charge in [0.05, 0.1) is 5.88 Å². The Labute approximate surface area is 117 Å². The van der Waals surface area contributed by atoms with Crippen molar-refractivity contribution in [2.75, 3.05) is 38.2 Å². The lowest BCUT2D eigenvalue weighted by Gasteiger charge is -2.35. The summed E-state index contributed by atoms with van der Waals surface area (Å²) in [7, 11) is 2.15. The van der Waals surface area contributed by atoms with Crippen LogP contribution in [0.4, 0.5) is 0 Å². The molecule has 1 aliphatic heterocycles. The number of alkyl halides is 1. The van der Waals surface area contributed by atoms with Gasteiger partial charge in [-0.05, 0) is 26.1 Å². The lowest BCUT2D eigenvalue weighted by atomic mass is 10.3. The second kappa shape index (κ2) is 4.98. The first-order valence-corrected chi connectivity index (χ1v) is 7.07. The number of pyridine rings is 1. The van der Waals surface area contributed by atoms with Gasteiger partial charge in [-0.3, -0.25) is 0 Å². The van der Waals surface area contributed by atoms with Gasteiger partial charge in [0.1, 0.15) is 11.3 Å². The largest absolute Gasteiger partial charge is 0.307 e. The molecule has 0 radical (unpaired) electrons. The molecule has 0 amide bonds. The SMILES string of the molecule is Cc1ccc2nc(CCl)n(N3CCN(C)CC3)c2n1. The van der Waals surface area contributed by atoms with E-state index in [1.54, 1.807) is 0 Å². The number of piperazine rings is 1. The Morgan fingerprint density at radius 3 is 2.58 bits per heavy atom. The number of hydrogen-bond donors (Lipinski definition) is 0. The molecule has 5 nitrogen and oxygen atoms in total. The van der Waals surface area contributed by atoms with Crippen LogP contribution in [0.1, 0.15) is 11.5 Å². The fraction of sp³-hybridized carbons (Fsp3) is 0.538. The van der Waals surface area contributed by atoms with E-state index in [9.17, 15) is 0 Å². The van der Waals surface area contributed by atoms with E-state index < -0.39 is 0 Å². The van der Waals surface area contributed by atoms with Crippen LogP contribution in [0.5, 0.6) is 0 Å². The van der Waals surface area contributed by atoms with Crippen molar-refractivity contribution < 1.29 is 0 Å². The molecule has 0 aliphatic carbocycles. The number of aromatic nitrogens is 3. The molecule has 3 rings (SSSR count). The van der Waals surface area contributed by atoms with E-state index in [1.807, 2.05) is 19.1 Å². The van der Waals surface area contributed by atoms with Crippen molar-refractivity contribution >= 4 is 22.8 Å². The molecule has 0 saturated carbocycles. The molecule has 2 aromatic rings. The molecule has 2 aromatic heterocycles. The monoisotopic (exact) mass is 279 g/mol. The predicted molar refractivity (Wildman–Crippen MR) is 77.3 cm³/mol. The van der Waals surface area contributed by atoms with Gasteiger partial charge in [-0.1, -0.05) is 0 Å². The zero-order chi connectivity index (χ0) is 13.4. The van der Waals surface area contributed by atoms with E-state index in [2.05, 4.69) is 31.6 Å². The van der Waals surface area contributed by atoms with Crippen molar-refractivity contribution in [1.29, 1.82) is 0 Å². The van der Waals surface area contributed by atoms with Crippen molar-refractivity contribution in [3.63, 3.8) is 0 Å². The van der Waals surface area contributed by atoms with Crippen molar-refractivity contribution in [1.82, 2.24) is 19.5 Å². The van der Waals surface area contributed by atoms with E-state index in [0.717, 1.165) is 48.9 Å². The van der Waals surface area contributed by atoms with Crippen molar-refractivity contribution in [2.45, 2.75) is 12.8 Å². The first-order valence-electron chi connectivity index (χ1n) is 6.54. The number of rotatable bonds is 2. The molecular weight excluding hydrogens is 262 g/mol. The van der Waals surface area contributed by atoms with Crippen LogP contribution < -0.4 is 5.01 Å². The Balaban J connectivity index is 2.07. The summed E-state index contributed by atoms with van der Waals surface area (Å²) in [6, 6.07) is 4.00. The highest BCUT2D eigenvalue weighted by Gasteiger charge is 2.20. The Bertz CT molecular complexity index is 586. The molecule has 102 valence electrons. The van der Waals surface area contributed by atoms with Crippen LogP contribution >= 0.6 is 11.6 Å². The molecule has 0 atom stereocenters. The maximum atomic E-state index is 6.04. The van der Waals surface area contributed by atoms with Crippen LogP contribution in [0.25, 0.3) is 11.2 Å². The second-order valence-electron chi connectivity index (χ2n) is 5.03. The minimum atomic E-state index is 0.405. The van der Waals surface area contributed by atoms with Crippen molar-refractivity contribution in [3.8, 4) is 0 Å². The molecule has 0 aromatic carbocycles. The van der Waals surface area contributed by atoms with Crippen molar-refractivity contribution in [2.24, 2.45) is 0 Å². The van der Waals surface area contributed by atoms with Gasteiger partial charge in [0, 0.05) is 31.9 Å². The predicted octanol–water partition coefficient (Wildman–Crippen LogP) is 1.36. The molecule has 3 heterocycles. The topological polar surface area (TPSA) is 37.2 Å². The Morgan fingerprint density at radius 2 is 1.89 bits per heavy atom. The highest BCUT2D eigenvalue weighted by Crippen LogP contribution is 2.17. The van der Waals surface area contributed by atoms with Crippen molar-refractivity contribution in [3.05, 3.63) is 23.7 Å². The zero-order valence-corrected chi connectivity index (χ0v) is 12.1. The molecule has 0 unspecified atom stereocenters. The summed E-state index contributed by atoms with van der Waals surface area (Å²) in [6.07, 6.45) is 0. The molecular formula is C13H18ClN5. The number of likely N-dealkylation sites (N-methyl/N-ethyl adjacent to an activating group) is 1. The zero-order valence-electron chi connectivity index (χ0n) is 11.3. The minimum absolute atomic E-state index is 0.405. The maximum absolute atomic E-state index is 6.04. The summed E-state index contributed by atoms with van der Waals surface area (Å²) in [5.41, 5.74) is 2.84. The Hall–Kier alpha value is -1.33. The summed E-state index contributed by atoms with van der Waals surface area (Å²) in [5, 5.41) is 2.29. The number of aryl methyl sites for hydroxylation is 1. The van der Waals surface area contributed by atoms with E-state index in [4.69, 9.17) is 11.6 Å².